The largest absolute Gasteiger partial charge is 0.328 e. The summed E-state index contributed by atoms with van der Waals surface area (Å²) in [6.07, 6.45) is 4.80. The van der Waals surface area contributed by atoms with E-state index < -0.39 is 0 Å². The summed E-state index contributed by atoms with van der Waals surface area (Å²) in [6, 6.07) is 10.7. The minimum atomic E-state index is -0.0789. The van der Waals surface area contributed by atoms with E-state index >= 15 is 0 Å². The number of nitrogens with two attached hydrogens (primary N) is 1. The van der Waals surface area contributed by atoms with Gasteiger partial charge in [0.15, 0.2) is 5.78 Å². The summed E-state index contributed by atoms with van der Waals surface area (Å²) in [5.74, 6) is 0.670. The monoisotopic (exact) mass is 367 g/mol. The van der Waals surface area contributed by atoms with Gasteiger partial charge in [-0.25, -0.2) is 0 Å². The number of hydrogen-bond donors (Lipinski definition) is 1. The Hall–Kier alpha value is -1.94. The maximum atomic E-state index is 13.1. The molecule has 0 spiro atoms. The molecule has 4 nitrogen and oxygen atoms in total. The minimum absolute atomic E-state index is 0.0789. The van der Waals surface area contributed by atoms with Crippen molar-refractivity contribution in [1.29, 1.82) is 0 Å². The first kappa shape index (κ1) is 19.8. The van der Waals surface area contributed by atoms with Gasteiger partial charge in [0.2, 0.25) is 0 Å². The highest BCUT2D eigenvalue weighted by molar-refractivity contribution is 5.94. The first-order chi connectivity index (χ1) is 12.7. The third kappa shape index (κ3) is 5.07. The molecule has 1 aliphatic rings. The third-order valence-corrected chi connectivity index (χ3v) is 5.61. The van der Waals surface area contributed by atoms with Crippen LogP contribution in [0.25, 0.3) is 0 Å². The van der Waals surface area contributed by atoms with Gasteiger partial charge >= 0.3 is 0 Å². The van der Waals surface area contributed by atoms with Gasteiger partial charge < -0.3 is 5.73 Å². The van der Waals surface area contributed by atoms with Gasteiger partial charge in [-0.3, -0.25) is 9.48 Å². The van der Waals surface area contributed by atoms with Gasteiger partial charge in [0, 0.05) is 17.9 Å². The molecule has 1 aromatic carbocycles. The van der Waals surface area contributed by atoms with Crippen LogP contribution in [0, 0.1) is 12.8 Å². The van der Waals surface area contributed by atoms with Crippen LogP contribution in [0.15, 0.2) is 30.3 Å². The molecule has 1 heterocycles. The molecule has 0 atom stereocenters. The summed E-state index contributed by atoms with van der Waals surface area (Å²) in [5.41, 5.74) is 10.1. The van der Waals surface area contributed by atoms with Crippen molar-refractivity contribution >= 4 is 5.78 Å². The van der Waals surface area contributed by atoms with Crippen LogP contribution in [0.3, 0.4) is 0 Å². The van der Waals surface area contributed by atoms with Crippen molar-refractivity contribution in [3.63, 3.8) is 0 Å². The molecule has 27 heavy (non-hydrogen) atoms. The molecule has 1 aromatic heterocycles. The van der Waals surface area contributed by atoms with E-state index in [9.17, 15) is 4.79 Å². The van der Waals surface area contributed by atoms with Crippen molar-refractivity contribution in [2.75, 3.05) is 0 Å². The van der Waals surface area contributed by atoms with E-state index in [2.05, 4.69) is 52.0 Å². The van der Waals surface area contributed by atoms with Crippen LogP contribution in [0.5, 0.6) is 0 Å². The molecular formula is C23H33N3O. The molecule has 3 rings (SSSR count). The standard InChI is InChI=1S/C23H33N3O/c1-16-6-5-7-18(12-16)15-26-20(14-22(25-26)23(2,3)4)21(27)13-17-8-10-19(24)11-9-17/h5-7,12,14,17,19H,8-11,13,15,24H2,1-4H3. The summed E-state index contributed by atoms with van der Waals surface area (Å²) in [6.45, 7) is 9.15. The fourth-order valence-electron chi connectivity index (χ4n) is 3.87. The van der Waals surface area contributed by atoms with Crippen molar-refractivity contribution in [3.8, 4) is 0 Å². The van der Waals surface area contributed by atoms with E-state index in [1.165, 1.54) is 11.1 Å². The zero-order valence-corrected chi connectivity index (χ0v) is 17.2. The quantitative estimate of drug-likeness (QED) is 0.784. The molecule has 4 heteroatoms. The van der Waals surface area contributed by atoms with E-state index in [-0.39, 0.29) is 11.2 Å². The Balaban J connectivity index is 1.83. The van der Waals surface area contributed by atoms with Crippen molar-refractivity contribution in [3.05, 3.63) is 52.8 Å². The van der Waals surface area contributed by atoms with Crippen LogP contribution >= 0.6 is 0 Å². The first-order valence-corrected chi connectivity index (χ1v) is 10.1. The molecule has 1 aliphatic carbocycles. The molecule has 0 unspecified atom stereocenters. The summed E-state index contributed by atoms with van der Waals surface area (Å²) in [7, 11) is 0. The molecule has 0 bridgehead atoms. The topological polar surface area (TPSA) is 60.9 Å². The van der Waals surface area contributed by atoms with Gasteiger partial charge in [-0.05, 0) is 50.2 Å². The molecule has 0 saturated heterocycles. The Kier molecular flexibility index (Phi) is 5.85. The number of aromatic nitrogens is 2. The third-order valence-electron chi connectivity index (χ3n) is 5.61. The van der Waals surface area contributed by atoms with E-state index in [1.807, 2.05) is 10.7 Å². The lowest BCUT2D eigenvalue weighted by molar-refractivity contribution is 0.0938. The predicted octanol–water partition coefficient (Wildman–Crippen LogP) is 4.63. The van der Waals surface area contributed by atoms with Crippen LogP contribution in [0.4, 0.5) is 0 Å². The van der Waals surface area contributed by atoms with E-state index in [1.54, 1.807) is 0 Å². The molecule has 0 amide bonds. The highest BCUT2D eigenvalue weighted by Crippen LogP contribution is 2.29. The second-order valence-corrected chi connectivity index (χ2v) is 9.22. The van der Waals surface area contributed by atoms with Crippen molar-refractivity contribution in [1.82, 2.24) is 9.78 Å². The van der Waals surface area contributed by atoms with Crippen LogP contribution in [0.2, 0.25) is 0 Å². The zero-order chi connectivity index (χ0) is 19.6. The van der Waals surface area contributed by atoms with Gasteiger partial charge in [-0.2, -0.15) is 5.10 Å². The van der Waals surface area contributed by atoms with Crippen LogP contribution in [-0.2, 0) is 12.0 Å². The van der Waals surface area contributed by atoms with Gasteiger partial charge in [0.05, 0.1) is 12.2 Å². The maximum absolute atomic E-state index is 13.1. The lowest BCUT2D eigenvalue weighted by Gasteiger charge is -2.25. The number of rotatable bonds is 5. The minimum Gasteiger partial charge on any atom is -0.328 e. The van der Waals surface area contributed by atoms with Gasteiger partial charge in [0.25, 0.3) is 0 Å². The van der Waals surface area contributed by atoms with Gasteiger partial charge in [-0.15, -0.1) is 0 Å². The Morgan fingerprint density at radius 1 is 1.19 bits per heavy atom. The molecule has 1 fully saturated rings. The number of Topliss-reactive ketones (excluding diaryl/α,β-unsaturated/α-hetero) is 1. The number of nitrogens with zero attached hydrogens (tertiary/aromatic N) is 2. The number of carbonyl (C=O) groups excluding carboxylic acids is 1. The fourth-order valence-corrected chi connectivity index (χ4v) is 3.87. The van der Waals surface area contributed by atoms with Crippen molar-refractivity contribution in [2.24, 2.45) is 11.7 Å². The highest BCUT2D eigenvalue weighted by Gasteiger charge is 2.26. The normalized spacial score (nSPS) is 20.6. The first-order valence-electron chi connectivity index (χ1n) is 10.1. The summed E-state index contributed by atoms with van der Waals surface area (Å²) < 4.78 is 1.91. The van der Waals surface area contributed by atoms with Crippen LogP contribution < -0.4 is 5.73 Å². The number of benzene rings is 1. The van der Waals surface area contributed by atoms with E-state index in [0.29, 0.717) is 24.9 Å². The van der Waals surface area contributed by atoms with Crippen LogP contribution in [-0.4, -0.2) is 21.6 Å². The lowest BCUT2D eigenvalue weighted by atomic mass is 9.83. The van der Waals surface area contributed by atoms with E-state index in [0.717, 1.165) is 37.1 Å². The summed E-state index contributed by atoms with van der Waals surface area (Å²) in [5, 5.41) is 4.81. The Morgan fingerprint density at radius 3 is 2.52 bits per heavy atom. The fraction of sp³-hybridized carbons (Fsp3) is 0.565. The zero-order valence-electron chi connectivity index (χ0n) is 17.2. The average Bonchev–Trinajstić information content (AvgIpc) is 3.01. The lowest BCUT2D eigenvalue weighted by Crippen LogP contribution is -2.27. The molecule has 2 N–H and O–H groups in total. The highest BCUT2D eigenvalue weighted by atomic mass is 16.1. The van der Waals surface area contributed by atoms with E-state index in [4.69, 9.17) is 10.8 Å². The van der Waals surface area contributed by atoms with Crippen molar-refractivity contribution in [2.45, 2.75) is 77.8 Å². The van der Waals surface area contributed by atoms with Crippen molar-refractivity contribution < 1.29 is 4.79 Å². The summed E-state index contributed by atoms with van der Waals surface area (Å²) >= 11 is 0. The van der Waals surface area contributed by atoms with Gasteiger partial charge in [0.1, 0.15) is 5.69 Å². The smallest absolute Gasteiger partial charge is 0.181 e. The molecule has 0 radical (unpaired) electrons. The number of aryl methyl sites for hydroxylation is 1. The average molecular weight is 368 g/mol. The Morgan fingerprint density at radius 2 is 1.89 bits per heavy atom. The second-order valence-electron chi connectivity index (χ2n) is 9.22. The molecule has 0 aliphatic heterocycles. The molecular weight excluding hydrogens is 334 g/mol. The number of hydrogen-bond acceptors (Lipinski definition) is 3. The SMILES string of the molecule is Cc1cccc(Cn2nc(C(C)(C)C)cc2C(=O)CC2CCC(N)CC2)c1. The van der Waals surface area contributed by atoms with Gasteiger partial charge in [-0.1, -0.05) is 50.6 Å². The van der Waals surface area contributed by atoms with Crippen LogP contribution in [0.1, 0.15) is 80.2 Å². The Labute approximate surface area is 163 Å². The molecule has 146 valence electrons. The molecule has 1 saturated carbocycles. The Bertz CT molecular complexity index is 792. The number of ketones is 1. The number of carbonyl (C=O) groups is 1. The maximum Gasteiger partial charge on any atom is 0.181 e. The predicted molar refractivity (Wildman–Crippen MR) is 110 cm³/mol. The second kappa shape index (κ2) is 7.97. The summed E-state index contributed by atoms with van der Waals surface area (Å²) in [4.78, 5) is 13.1. The molecule has 2 aromatic rings.